The molecule has 1 aromatic carbocycles. The highest BCUT2D eigenvalue weighted by molar-refractivity contribution is 5.27. The van der Waals surface area contributed by atoms with Crippen molar-refractivity contribution in [1.82, 2.24) is 0 Å². The largest absolute Gasteiger partial charge is 0.491 e. The molecular formula is C12H18O. The van der Waals surface area contributed by atoms with Crippen molar-refractivity contribution < 1.29 is 4.74 Å². The van der Waals surface area contributed by atoms with Crippen LogP contribution in [-0.2, 0) is 0 Å². The molecule has 1 nitrogen and oxygen atoms in total. The Morgan fingerprint density at radius 2 is 2.15 bits per heavy atom. The Kier molecular flexibility index (Phi) is 3.81. The van der Waals surface area contributed by atoms with E-state index >= 15 is 0 Å². The Morgan fingerprint density at radius 1 is 1.38 bits per heavy atom. The number of aryl methyl sites for hydroxylation is 1. The molecule has 0 aliphatic rings. The fraction of sp³-hybridized carbons (Fsp3) is 0.500. The third-order valence-corrected chi connectivity index (χ3v) is 2.02. The van der Waals surface area contributed by atoms with Crippen molar-refractivity contribution in [2.45, 2.75) is 39.7 Å². The van der Waals surface area contributed by atoms with Gasteiger partial charge in [0, 0.05) is 0 Å². The average Bonchev–Trinajstić information content (AvgIpc) is 2.04. The van der Waals surface area contributed by atoms with Gasteiger partial charge in [0.2, 0.25) is 0 Å². The molecule has 1 rings (SSSR count). The second-order valence-corrected chi connectivity index (χ2v) is 3.53. The van der Waals surface area contributed by atoms with Crippen LogP contribution in [0.25, 0.3) is 0 Å². The lowest BCUT2D eigenvalue weighted by Gasteiger charge is -2.13. The Morgan fingerprint density at radius 3 is 2.77 bits per heavy atom. The van der Waals surface area contributed by atoms with E-state index in [1.54, 1.807) is 0 Å². The van der Waals surface area contributed by atoms with E-state index in [1.807, 2.05) is 12.1 Å². The van der Waals surface area contributed by atoms with Crippen LogP contribution in [0.4, 0.5) is 0 Å². The normalized spacial score (nSPS) is 12.5. The molecule has 0 aromatic heterocycles. The molecule has 1 atom stereocenters. The summed E-state index contributed by atoms with van der Waals surface area (Å²) in [6.07, 6.45) is 2.62. The SMILES string of the molecule is CCC[C@@H](C)Oc1cccc(C)c1. The van der Waals surface area contributed by atoms with Gasteiger partial charge in [-0.05, 0) is 38.0 Å². The van der Waals surface area contributed by atoms with Crippen LogP contribution in [0.15, 0.2) is 24.3 Å². The zero-order valence-electron chi connectivity index (χ0n) is 8.71. The van der Waals surface area contributed by atoms with Crippen molar-refractivity contribution in [1.29, 1.82) is 0 Å². The summed E-state index contributed by atoms with van der Waals surface area (Å²) in [5.41, 5.74) is 1.25. The van der Waals surface area contributed by atoms with E-state index in [0.717, 1.165) is 12.2 Å². The van der Waals surface area contributed by atoms with Gasteiger partial charge in [0.25, 0.3) is 0 Å². The molecule has 1 heteroatoms. The molecule has 0 heterocycles. The first-order valence-corrected chi connectivity index (χ1v) is 4.95. The van der Waals surface area contributed by atoms with Crippen molar-refractivity contribution in [3.05, 3.63) is 29.8 Å². The van der Waals surface area contributed by atoms with Crippen LogP contribution < -0.4 is 4.74 Å². The van der Waals surface area contributed by atoms with Crippen LogP contribution in [0.5, 0.6) is 5.75 Å². The Hall–Kier alpha value is -0.980. The van der Waals surface area contributed by atoms with Crippen molar-refractivity contribution >= 4 is 0 Å². The average molecular weight is 178 g/mol. The number of hydrogen-bond acceptors (Lipinski definition) is 1. The molecule has 0 fully saturated rings. The molecule has 0 aliphatic heterocycles. The number of rotatable bonds is 4. The molecule has 0 unspecified atom stereocenters. The fourth-order valence-electron chi connectivity index (χ4n) is 1.39. The maximum atomic E-state index is 5.74. The molecule has 72 valence electrons. The highest BCUT2D eigenvalue weighted by Crippen LogP contribution is 2.15. The van der Waals surface area contributed by atoms with Crippen LogP contribution in [-0.4, -0.2) is 6.10 Å². The van der Waals surface area contributed by atoms with Crippen molar-refractivity contribution in [3.63, 3.8) is 0 Å². The second kappa shape index (κ2) is 4.90. The summed E-state index contributed by atoms with van der Waals surface area (Å²) in [5.74, 6) is 0.987. The van der Waals surface area contributed by atoms with Crippen LogP contribution in [0.2, 0.25) is 0 Å². The maximum absolute atomic E-state index is 5.74. The Labute approximate surface area is 80.7 Å². The molecule has 0 spiro atoms. The van der Waals surface area contributed by atoms with E-state index in [0.29, 0.717) is 6.10 Å². The first-order valence-electron chi connectivity index (χ1n) is 4.95. The van der Waals surface area contributed by atoms with Crippen molar-refractivity contribution in [2.75, 3.05) is 0 Å². The Balaban J connectivity index is 2.53. The minimum Gasteiger partial charge on any atom is -0.491 e. The molecule has 0 amide bonds. The molecule has 0 radical (unpaired) electrons. The monoisotopic (exact) mass is 178 g/mol. The van der Waals surface area contributed by atoms with Crippen LogP contribution >= 0.6 is 0 Å². The number of benzene rings is 1. The summed E-state index contributed by atoms with van der Waals surface area (Å²) >= 11 is 0. The minimum absolute atomic E-state index is 0.326. The summed E-state index contributed by atoms with van der Waals surface area (Å²) in [4.78, 5) is 0. The Bertz CT molecular complexity index is 255. The quantitative estimate of drug-likeness (QED) is 0.685. The summed E-state index contributed by atoms with van der Waals surface area (Å²) < 4.78 is 5.74. The van der Waals surface area contributed by atoms with Gasteiger partial charge in [-0.2, -0.15) is 0 Å². The molecule has 0 saturated carbocycles. The van der Waals surface area contributed by atoms with E-state index in [2.05, 4.69) is 32.9 Å². The van der Waals surface area contributed by atoms with E-state index in [1.165, 1.54) is 12.0 Å². The smallest absolute Gasteiger partial charge is 0.119 e. The van der Waals surface area contributed by atoms with Crippen molar-refractivity contribution in [3.8, 4) is 5.75 Å². The highest BCUT2D eigenvalue weighted by atomic mass is 16.5. The molecule has 13 heavy (non-hydrogen) atoms. The lowest BCUT2D eigenvalue weighted by molar-refractivity contribution is 0.210. The molecule has 1 aromatic rings. The van der Waals surface area contributed by atoms with E-state index in [-0.39, 0.29) is 0 Å². The second-order valence-electron chi connectivity index (χ2n) is 3.53. The summed E-state index contributed by atoms with van der Waals surface area (Å²) in [6.45, 7) is 6.37. The molecule has 0 saturated heterocycles. The molecule has 0 bridgehead atoms. The first-order chi connectivity index (χ1) is 6.22. The maximum Gasteiger partial charge on any atom is 0.119 e. The number of hydrogen-bond donors (Lipinski definition) is 0. The van der Waals surface area contributed by atoms with Gasteiger partial charge in [-0.25, -0.2) is 0 Å². The third kappa shape index (κ3) is 3.49. The summed E-state index contributed by atoms with van der Waals surface area (Å²) in [5, 5.41) is 0. The lowest BCUT2D eigenvalue weighted by Crippen LogP contribution is -2.10. The van der Waals surface area contributed by atoms with E-state index in [4.69, 9.17) is 4.74 Å². The predicted molar refractivity (Wildman–Crippen MR) is 56.2 cm³/mol. The standard InChI is InChI=1S/C12H18O/c1-4-6-11(3)13-12-8-5-7-10(2)9-12/h5,7-9,11H,4,6H2,1-3H3/t11-/m1/s1. The molecule has 0 aliphatic carbocycles. The van der Waals surface area contributed by atoms with Gasteiger partial charge < -0.3 is 4.74 Å². The number of ether oxygens (including phenoxy) is 1. The zero-order chi connectivity index (χ0) is 9.68. The van der Waals surface area contributed by atoms with Gasteiger partial charge in [-0.3, -0.25) is 0 Å². The minimum atomic E-state index is 0.326. The zero-order valence-corrected chi connectivity index (χ0v) is 8.71. The van der Waals surface area contributed by atoms with Gasteiger partial charge in [0.15, 0.2) is 0 Å². The van der Waals surface area contributed by atoms with Crippen LogP contribution in [0.1, 0.15) is 32.3 Å². The van der Waals surface area contributed by atoms with Crippen molar-refractivity contribution in [2.24, 2.45) is 0 Å². The van der Waals surface area contributed by atoms with Gasteiger partial charge in [-0.1, -0.05) is 25.5 Å². The van der Waals surface area contributed by atoms with Gasteiger partial charge in [0.1, 0.15) is 5.75 Å². The van der Waals surface area contributed by atoms with E-state index in [9.17, 15) is 0 Å². The van der Waals surface area contributed by atoms with Crippen LogP contribution in [0.3, 0.4) is 0 Å². The highest BCUT2D eigenvalue weighted by Gasteiger charge is 2.01. The summed E-state index contributed by atoms with van der Waals surface area (Å²) in [6, 6.07) is 8.20. The predicted octanol–water partition coefficient (Wildman–Crippen LogP) is 3.56. The van der Waals surface area contributed by atoms with Crippen LogP contribution in [0, 0.1) is 6.92 Å². The third-order valence-electron chi connectivity index (χ3n) is 2.02. The lowest BCUT2D eigenvalue weighted by atomic mass is 10.2. The van der Waals surface area contributed by atoms with Gasteiger partial charge in [-0.15, -0.1) is 0 Å². The topological polar surface area (TPSA) is 9.23 Å². The molecule has 0 N–H and O–H groups in total. The van der Waals surface area contributed by atoms with E-state index < -0.39 is 0 Å². The molecular weight excluding hydrogens is 160 g/mol. The van der Waals surface area contributed by atoms with Gasteiger partial charge >= 0.3 is 0 Å². The summed E-state index contributed by atoms with van der Waals surface area (Å²) in [7, 11) is 0. The first kappa shape index (κ1) is 10.1. The fourth-order valence-corrected chi connectivity index (χ4v) is 1.39. The van der Waals surface area contributed by atoms with Gasteiger partial charge in [0.05, 0.1) is 6.10 Å².